The first-order valence-corrected chi connectivity index (χ1v) is 8.65. The van der Waals surface area contributed by atoms with Crippen molar-refractivity contribution in [1.29, 1.82) is 0 Å². The van der Waals surface area contributed by atoms with Crippen molar-refractivity contribution in [3.05, 3.63) is 57.6 Å². The molecule has 2 aromatic rings. The Morgan fingerprint density at radius 2 is 1.88 bits per heavy atom. The molecule has 0 aliphatic rings. The van der Waals surface area contributed by atoms with Gasteiger partial charge in [0.2, 0.25) is 5.91 Å². The molecule has 0 aliphatic carbocycles. The van der Waals surface area contributed by atoms with E-state index in [9.17, 15) is 4.79 Å². The Balaban J connectivity index is 2.00. The Morgan fingerprint density at radius 1 is 1.12 bits per heavy atom. The minimum atomic E-state index is -0.210. The van der Waals surface area contributed by atoms with Crippen LogP contribution in [-0.2, 0) is 11.2 Å². The van der Waals surface area contributed by atoms with Gasteiger partial charge in [-0.25, -0.2) is 0 Å². The number of hydrogen-bond donors (Lipinski definition) is 1. The molecule has 0 heterocycles. The van der Waals surface area contributed by atoms with Gasteiger partial charge in [-0.15, -0.1) is 0 Å². The van der Waals surface area contributed by atoms with Crippen LogP contribution in [0.25, 0.3) is 0 Å². The average molecular weight is 382 g/mol. The van der Waals surface area contributed by atoms with Gasteiger partial charge in [0.05, 0.1) is 20.3 Å². The molecule has 1 amide bonds. The van der Waals surface area contributed by atoms with E-state index >= 15 is 0 Å². The Bertz CT molecular complexity index is 749. The highest BCUT2D eigenvalue weighted by molar-refractivity contribution is 6.35. The minimum absolute atomic E-state index is 0.0663. The Hall–Kier alpha value is -1.91. The lowest BCUT2D eigenvalue weighted by molar-refractivity contribution is -0.121. The predicted molar refractivity (Wildman–Crippen MR) is 101 cm³/mol. The fraction of sp³-hybridized carbons (Fsp3) is 0.316. The molecule has 4 nitrogen and oxygen atoms in total. The SMILES string of the molecule is COc1ccc(OC)c(C(C)NC(=O)CCc2ccc(Cl)cc2Cl)c1. The third-order valence-electron chi connectivity index (χ3n) is 3.92. The third-order valence-corrected chi connectivity index (χ3v) is 4.50. The number of carbonyl (C=O) groups excluding carboxylic acids is 1. The second kappa shape index (κ2) is 8.97. The standard InChI is InChI=1S/C19H21Cl2NO3/c1-12(16-11-15(24-2)7-8-18(16)25-3)22-19(23)9-5-13-4-6-14(20)10-17(13)21/h4,6-8,10-12H,5,9H2,1-3H3,(H,22,23). The van der Waals surface area contributed by atoms with Crippen LogP contribution in [0.1, 0.15) is 30.5 Å². The summed E-state index contributed by atoms with van der Waals surface area (Å²) in [6, 6.07) is 10.6. The first-order chi connectivity index (χ1) is 11.9. The predicted octanol–water partition coefficient (Wildman–Crippen LogP) is 4.82. The number of carbonyl (C=O) groups is 1. The zero-order valence-corrected chi connectivity index (χ0v) is 15.9. The molecule has 6 heteroatoms. The summed E-state index contributed by atoms with van der Waals surface area (Å²) in [6.07, 6.45) is 0.877. The molecule has 0 aliphatic heterocycles. The quantitative estimate of drug-likeness (QED) is 0.747. The fourth-order valence-corrected chi connectivity index (χ4v) is 3.04. The van der Waals surface area contributed by atoms with Crippen LogP contribution in [0.4, 0.5) is 0 Å². The van der Waals surface area contributed by atoms with Crippen LogP contribution in [0.15, 0.2) is 36.4 Å². The zero-order chi connectivity index (χ0) is 18.4. The Labute approximate surface area is 158 Å². The van der Waals surface area contributed by atoms with Crippen molar-refractivity contribution in [2.75, 3.05) is 14.2 Å². The number of halogens is 2. The van der Waals surface area contributed by atoms with E-state index in [4.69, 9.17) is 32.7 Å². The van der Waals surface area contributed by atoms with Gasteiger partial charge in [0.25, 0.3) is 0 Å². The van der Waals surface area contributed by atoms with E-state index in [1.165, 1.54) is 0 Å². The summed E-state index contributed by atoms with van der Waals surface area (Å²) in [5.74, 6) is 1.35. The Morgan fingerprint density at radius 3 is 2.52 bits per heavy atom. The van der Waals surface area contributed by atoms with Crippen LogP contribution < -0.4 is 14.8 Å². The molecule has 0 aromatic heterocycles. The van der Waals surface area contributed by atoms with Crippen molar-refractivity contribution >= 4 is 29.1 Å². The molecule has 0 saturated carbocycles. The summed E-state index contributed by atoms with van der Waals surface area (Å²) in [5, 5.41) is 4.13. The van der Waals surface area contributed by atoms with Crippen LogP contribution in [0, 0.1) is 0 Å². The van der Waals surface area contributed by atoms with Gasteiger partial charge in [-0.1, -0.05) is 29.3 Å². The molecule has 2 aromatic carbocycles. The molecular formula is C19H21Cl2NO3. The molecular weight excluding hydrogens is 361 g/mol. The lowest BCUT2D eigenvalue weighted by Crippen LogP contribution is -2.27. The number of benzene rings is 2. The normalized spacial score (nSPS) is 11.7. The number of aryl methyl sites for hydroxylation is 1. The number of ether oxygens (including phenoxy) is 2. The number of amides is 1. The monoisotopic (exact) mass is 381 g/mol. The molecule has 2 rings (SSSR count). The highest BCUT2D eigenvalue weighted by Crippen LogP contribution is 2.29. The van der Waals surface area contributed by atoms with Crippen LogP contribution >= 0.6 is 23.2 Å². The number of hydrogen-bond acceptors (Lipinski definition) is 3. The van der Waals surface area contributed by atoms with Gasteiger partial charge in [0, 0.05) is 22.0 Å². The second-order valence-electron chi connectivity index (χ2n) is 5.63. The maximum atomic E-state index is 12.3. The summed E-state index contributed by atoms with van der Waals surface area (Å²) >= 11 is 12.0. The lowest BCUT2D eigenvalue weighted by atomic mass is 10.1. The van der Waals surface area contributed by atoms with Crippen molar-refractivity contribution in [3.63, 3.8) is 0 Å². The van der Waals surface area contributed by atoms with E-state index in [1.54, 1.807) is 26.4 Å². The average Bonchev–Trinajstić information content (AvgIpc) is 2.60. The molecule has 0 saturated heterocycles. The van der Waals surface area contributed by atoms with Crippen LogP contribution in [0.2, 0.25) is 10.0 Å². The van der Waals surface area contributed by atoms with Crippen molar-refractivity contribution in [2.45, 2.75) is 25.8 Å². The third kappa shape index (κ3) is 5.28. The van der Waals surface area contributed by atoms with Gasteiger partial charge in [-0.2, -0.15) is 0 Å². The molecule has 1 unspecified atom stereocenters. The number of methoxy groups -OCH3 is 2. The van der Waals surface area contributed by atoms with Crippen molar-refractivity contribution in [3.8, 4) is 11.5 Å². The number of rotatable bonds is 7. The van der Waals surface area contributed by atoms with Crippen LogP contribution in [-0.4, -0.2) is 20.1 Å². The first kappa shape index (κ1) is 19.4. The summed E-state index contributed by atoms with van der Waals surface area (Å²) in [4.78, 5) is 12.3. The molecule has 0 bridgehead atoms. The largest absolute Gasteiger partial charge is 0.497 e. The fourth-order valence-electron chi connectivity index (χ4n) is 2.54. The van der Waals surface area contributed by atoms with E-state index in [0.29, 0.717) is 34.4 Å². The van der Waals surface area contributed by atoms with Gasteiger partial charge in [-0.05, 0) is 49.2 Å². The van der Waals surface area contributed by atoms with Gasteiger partial charge in [-0.3, -0.25) is 4.79 Å². The van der Waals surface area contributed by atoms with Crippen LogP contribution in [0.3, 0.4) is 0 Å². The number of nitrogens with one attached hydrogen (secondary N) is 1. The molecule has 0 radical (unpaired) electrons. The van der Waals surface area contributed by atoms with Crippen LogP contribution in [0.5, 0.6) is 11.5 Å². The van der Waals surface area contributed by atoms with E-state index in [0.717, 1.165) is 11.1 Å². The highest BCUT2D eigenvalue weighted by atomic mass is 35.5. The van der Waals surface area contributed by atoms with E-state index in [-0.39, 0.29) is 11.9 Å². The zero-order valence-electron chi connectivity index (χ0n) is 14.4. The molecule has 1 atom stereocenters. The molecule has 0 fully saturated rings. The topological polar surface area (TPSA) is 47.6 Å². The van der Waals surface area contributed by atoms with Gasteiger partial charge in [0.1, 0.15) is 11.5 Å². The molecule has 134 valence electrons. The van der Waals surface area contributed by atoms with E-state index in [1.807, 2.05) is 31.2 Å². The van der Waals surface area contributed by atoms with Crippen molar-refractivity contribution in [2.24, 2.45) is 0 Å². The molecule has 1 N–H and O–H groups in total. The lowest BCUT2D eigenvalue weighted by Gasteiger charge is -2.18. The van der Waals surface area contributed by atoms with Gasteiger partial charge in [0.15, 0.2) is 0 Å². The van der Waals surface area contributed by atoms with Crippen molar-refractivity contribution in [1.82, 2.24) is 5.32 Å². The van der Waals surface area contributed by atoms with E-state index in [2.05, 4.69) is 5.32 Å². The summed E-state index contributed by atoms with van der Waals surface area (Å²) < 4.78 is 10.6. The summed E-state index contributed by atoms with van der Waals surface area (Å²) in [5.41, 5.74) is 1.76. The summed E-state index contributed by atoms with van der Waals surface area (Å²) in [6.45, 7) is 1.91. The van der Waals surface area contributed by atoms with Gasteiger partial charge >= 0.3 is 0 Å². The second-order valence-corrected chi connectivity index (χ2v) is 6.48. The Kier molecular flexibility index (Phi) is 6.97. The van der Waals surface area contributed by atoms with Crippen molar-refractivity contribution < 1.29 is 14.3 Å². The molecule has 0 spiro atoms. The van der Waals surface area contributed by atoms with Gasteiger partial charge < -0.3 is 14.8 Å². The molecule has 25 heavy (non-hydrogen) atoms. The smallest absolute Gasteiger partial charge is 0.220 e. The highest BCUT2D eigenvalue weighted by Gasteiger charge is 2.15. The minimum Gasteiger partial charge on any atom is -0.497 e. The maximum Gasteiger partial charge on any atom is 0.220 e. The summed E-state index contributed by atoms with van der Waals surface area (Å²) in [7, 11) is 3.20. The first-order valence-electron chi connectivity index (χ1n) is 7.89. The maximum absolute atomic E-state index is 12.3. The van der Waals surface area contributed by atoms with E-state index < -0.39 is 0 Å².